The van der Waals surface area contributed by atoms with Crippen LogP contribution in [0.4, 0.5) is 0 Å². The molecule has 0 bridgehead atoms. The van der Waals surface area contributed by atoms with Crippen LogP contribution in [0, 0.1) is 0 Å². The molecule has 4 heteroatoms. The predicted octanol–water partition coefficient (Wildman–Crippen LogP) is 4.32. The highest BCUT2D eigenvalue weighted by molar-refractivity contribution is 9.10. The van der Waals surface area contributed by atoms with Crippen molar-refractivity contribution in [1.82, 2.24) is 9.80 Å². The number of carbonyl (C=O) groups excluding carboxylic acids is 1. The molecule has 126 valence electrons. The predicted molar refractivity (Wildman–Crippen MR) is 97.7 cm³/mol. The van der Waals surface area contributed by atoms with E-state index in [4.69, 9.17) is 0 Å². The molecule has 2 fully saturated rings. The van der Waals surface area contributed by atoms with Gasteiger partial charge in [0.15, 0.2) is 0 Å². The molecule has 2 heterocycles. The van der Waals surface area contributed by atoms with Crippen LogP contribution in [-0.4, -0.2) is 47.9 Å². The van der Waals surface area contributed by atoms with Crippen molar-refractivity contribution in [1.29, 1.82) is 0 Å². The van der Waals surface area contributed by atoms with Crippen molar-refractivity contribution in [2.24, 2.45) is 0 Å². The average Bonchev–Trinajstić information content (AvgIpc) is 2.61. The number of hydrogen-bond acceptors (Lipinski definition) is 2. The van der Waals surface area contributed by atoms with Crippen molar-refractivity contribution >= 4 is 21.8 Å². The third-order valence-electron chi connectivity index (χ3n) is 5.21. The molecule has 1 aromatic carbocycles. The number of hydrogen-bond donors (Lipinski definition) is 0. The molecule has 0 aromatic heterocycles. The molecule has 23 heavy (non-hydrogen) atoms. The van der Waals surface area contributed by atoms with E-state index in [0.29, 0.717) is 6.04 Å². The van der Waals surface area contributed by atoms with Gasteiger partial charge >= 0.3 is 0 Å². The van der Waals surface area contributed by atoms with Crippen LogP contribution in [0.25, 0.3) is 0 Å². The lowest BCUT2D eigenvalue weighted by Gasteiger charge is -2.37. The van der Waals surface area contributed by atoms with E-state index in [1.165, 1.54) is 38.8 Å². The lowest BCUT2D eigenvalue weighted by Crippen LogP contribution is -2.45. The fourth-order valence-electron chi connectivity index (χ4n) is 3.84. The SMILES string of the molecule is O=C(c1ccc(Br)cc1)N1CCCCC1CCN1CCCCC1. The van der Waals surface area contributed by atoms with Crippen molar-refractivity contribution < 1.29 is 4.79 Å². The van der Waals surface area contributed by atoms with E-state index in [-0.39, 0.29) is 5.91 Å². The van der Waals surface area contributed by atoms with Gasteiger partial charge < -0.3 is 9.80 Å². The summed E-state index contributed by atoms with van der Waals surface area (Å²) in [6.45, 7) is 4.55. The lowest BCUT2D eigenvalue weighted by atomic mass is 9.97. The molecule has 0 radical (unpaired) electrons. The summed E-state index contributed by atoms with van der Waals surface area (Å²) in [7, 11) is 0. The maximum atomic E-state index is 12.9. The van der Waals surface area contributed by atoms with Gasteiger partial charge in [-0.25, -0.2) is 0 Å². The Labute approximate surface area is 148 Å². The summed E-state index contributed by atoms with van der Waals surface area (Å²) in [6.07, 6.45) is 8.75. The Hall–Kier alpha value is -0.870. The molecule has 2 saturated heterocycles. The molecule has 1 atom stereocenters. The largest absolute Gasteiger partial charge is 0.336 e. The van der Waals surface area contributed by atoms with Crippen LogP contribution in [0.1, 0.15) is 55.3 Å². The van der Waals surface area contributed by atoms with Crippen LogP contribution in [0.15, 0.2) is 28.7 Å². The van der Waals surface area contributed by atoms with E-state index in [9.17, 15) is 4.79 Å². The number of amides is 1. The minimum Gasteiger partial charge on any atom is -0.336 e. The molecule has 3 nitrogen and oxygen atoms in total. The molecule has 3 rings (SSSR count). The Kier molecular flexibility index (Phi) is 6.12. The van der Waals surface area contributed by atoms with Gasteiger partial charge in [0.25, 0.3) is 5.91 Å². The van der Waals surface area contributed by atoms with Crippen molar-refractivity contribution in [3.05, 3.63) is 34.3 Å². The van der Waals surface area contributed by atoms with Gasteiger partial charge in [-0.2, -0.15) is 0 Å². The van der Waals surface area contributed by atoms with E-state index in [0.717, 1.165) is 42.4 Å². The van der Waals surface area contributed by atoms with Crippen LogP contribution >= 0.6 is 15.9 Å². The van der Waals surface area contributed by atoms with Crippen LogP contribution in [0.3, 0.4) is 0 Å². The van der Waals surface area contributed by atoms with E-state index in [2.05, 4.69) is 25.7 Å². The number of benzene rings is 1. The van der Waals surface area contributed by atoms with Gasteiger partial charge in [0.1, 0.15) is 0 Å². The zero-order chi connectivity index (χ0) is 16.1. The summed E-state index contributed by atoms with van der Waals surface area (Å²) in [5.74, 6) is 0.209. The minimum absolute atomic E-state index is 0.209. The molecule has 0 saturated carbocycles. The van der Waals surface area contributed by atoms with Gasteiger partial charge in [0, 0.05) is 29.2 Å². The summed E-state index contributed by atoms with van der Waals surface area (Å²) in [6, 6.07) is 8.20. The Morgan fingerprint density at radius 3 is 2.43 bits per heavy atom. The first-order valence-corrected chi connectivity index (χ1v) is 9.82. The Balaban J connectivity index is 1.61. The average molecular weight is 379 g/mol. The number of nitrogens with zero attached hydrogens (tertiary/aromatic N) is 2. The van der Waals surface area contributed by atoms with Crippen LogP contribution in [0.2, 0.25) is 0 Å². The topological polar surface area (TPSA) is 23.6 Å². The van der Waals surface area contributed by atoms with Gasteiger partial charge in [0.05, 0.1) is 0 Å². The Morgan fingerprint density at radius 1 is 1.00 bits per heavy atom. The van der Waals surface area contributed by atoms with E-state index >= 15 is 0 Å². The molecule has 1 amide bonds. The summed E-state index contributed by atoms with van der Waals surface area (Å²) >= 11 is 3.44. The molecule has 2 aliphatic rings. The number of halogens is 1. The van der Waals surface area contributed by atoms with Gasteiger partial charge in [0.2, 0.25) is 0 Å². The Morgan fingerprint density at radius 2 is 1.70 bits per heavy atom. The first kappa shape index (κ1) is 17.0. The standard InChI is InChI=1S/C19H27BrN2O/c20-17-9-7-16(8-10-17)19(23)22-14-5-2-6-18(22)11-15-21-12-3-1-4-13-21/h7-10,18H,1-6,11-15H2. The van der Waals surface area contributed by atoms with Gasteiger partial charge in [-0.15, -0.1) is 0 Å². The lowest BCUT2D eigenvalue weighted by molar-refractivity contribution is 0.0579. The van der Waals surface area contributed by atoms with Crippen molar-refractivity contribution in [2.45, 2.75) is 51.0 Å². The second kappa shape index (κ2) is 8.29. The molecule has 2 aliphatic heterocycles. The molecule has 0 N–H and O–H groups in total. The van der Waals surface area contributed by atoms with Gasteiger partial charge in [-0.1, -0.05) is 22.4 Å². The fourth-order valence-corrected chi connectivity index (χ4v) is 4.11. The first-order chi connectivity index (χ1) is 11.2. The molecular formula is C19H27BrN2O. The van der Waals surface area contributed by atoms with Gasteiger partial charge in [-0.05, 0) is 75.9 Å². The second-order valence-corrected chi connectivity index (χ2v) is 7.76. The summed E-state index contributed by atoms with van der Waals surface area (Å²) in [5, 5.41) is 0. The van der Waals surface area contributed by atoms with E-state index < -0.39 is 0 Å². The highest BCUT2D eigenvalue weighted by atomic mass is 79.9. The number of rotatable bonds is 4. The van der Waals surface area contributed by atoms with Crippen molar-refractivity contribution in [3.63, 3.8) is 0 Å². The maximum Gasteiger partial charge on any atom is 0.254 e. The monoisotopic (exact) mass is 378 g/mol. The zero-order valence-corrected chi connectivity index (χ0v) is 15.4. The third kappa shape index (κ3) is 4.57. The van der Waals surface area contributed by atoms with Crippen molar-refractivity contribution in [3.8, 4) is 0 Å². The minimum atomic E-state index is 0.209. The normalized spacial score (nSPS) is 23.0. The fraction of sp³-hybridized carbons (Fsp3) is 0.632. The Bertz CT molecular complexity index is 511. The van der Waals surface area contributed by atoms with Crippen LogP contribution < -0.4 is 0 Å². The first-order valence-electron chi connectivity index (χ1n) is 9.03. The van der Waals surface area contributed by atoms with Crippen molar-refractivity contribution in [2.75, 3.05) is 26.2 Å². The summed E-state index contributed by atoms with van der Waals surface area (Å²) in [5.41, 5.74) is 0.818. The van der Waals surface area contributed by atoms with E-state index in [1.54, 1.807) is 0 Å². The number of carbonyl (C=O) groups is 1. The second-order valence-electron chi connectivity index (χ2n) is 6.85. The summed E-state index contributed by atoms with van der Waals surface area (Å²) in [4.78, 5) is 17.6. The molecule has 1 aromatic rings. The maximum absolute atomic E-state index is 12.9. The molecule has 0 aliphatic carbocycles. The van der Waals surface area contributed by atoms with Gasteiger partial charge in [-0.3, -0.25) is 4.79 Å². The molecular weight excluding hydrogens is 352 g/mol. The highest BCUT2D eigenvalue weighted by Crippen LogP contribution is 2.23. The quantitative estimate of drug-likeness (QED) is 0.778. The molecule has 0 spiro atoms. The van der Waals surface area contributed by atoms with Crippen LogP contribution in [-0.2, 0) is 0 Å². The number of piperidine rings is 2. The third-order valence-corrected chi connectivity index (χ3v) is 5.74. The highest BCUT2D eigenvalue weighted by Gasteiger charge is 2.27. The van der Waals surface area contributed by atoms with E-state index in [1.807, 2.05) is 24.3 Å². The zero-order valence-electron chi connectivity index (χ0n) is 13.8. The van der Waals surface area contributed by atoms with Crippen LogP contribution in [0.5, 0.6) is 0 Å². The summed E-state index contributed by atoms with van der Waals surface area (Å²) < 4.78 is 1.02. The smallest absolute Gasteiger partial charge is 0.254 e. The number of likely N-dealkylation sites (tertiary alicyclic amines) is 2. The molecule has 1 unspecified atom stereocenters.